The van der Waals surface area contributed by atoms with Gasteiger partial charge < -0.3 is 15.2 Å². The van der Waals surface area contributed by atoms with Crippen molar-refractivity contribution in [1.82, 2.24) is 9.88 Å². The fourth-order valence-corrected chi connectivity index (χ4v) is 2.29. The van der Waals surface area contributed by atoms with E-state index >= 15 is 0 Å². The lowest BCUT2D eigenvalue weighted by Gasteiger charge is -2.16. The Morgan fingerprint density at radius 3 is 2.46 bits per heavy atom. The summed E-state index contributed by atoms with van der Waals surface area (Å²) in [6, 6.07) is 6.15. The molecule has 0 aliphatic carbocycles. The minimum absolute atomic E-state index is 0.148. The van der Waals surface area contributed by atoms with Crippen molar-refractivity contribution in [3.8, 4) is 0 Å². The van der Waals surface area contributed by atoms with Gasteiger partial charge in [0.15, 0.2) is 5.78 Å². The Balaban J connectivity index is 1.98. The van der Waals surface area contributed by atoms with Crippen molar-refractivity contribution >= 4 is 46.5 Å². The number of aromatic nitrogens is 1. The fourth-order valence-electron chi connectivity index (χ4n) is 1.99. The van der Waals surface area contributed by atoms with E-state index in [1.54, 1.807) is 12.1 Å². The third-order valence-corrected chi connectivity index (χ3v) is 3.99. The molecule has 0 fully saturated rings. The van der Waals surface area contributed by atoms with E-state index in [1.165, 1.54) is 37.2 Å². The Morgan fingerprint density at radius 2 is 1.88 bits per heavy atom. The lowest BCUT2D eigenvalue weighted by molar-refractivity contribution is -0.116. The van der Waals surface area contributed by atoms with Crippen molar-refractivity contribution in [1.29, 1.82) is 0 Å². The number of likely N-dealkylation sites (N-methyl/N-ethyl adjacent to an activating group) is 1. The zero-order valence-corrected chi connectivity index (χ0v) is 14.5. The molecule has 0 unspecified atom stereocenters. The van der Waals surface area contributed by atoms with Crippen LogP contribution in [0.4, 0.5) is 5.69 Å². The molecule has 2 amide bonds. The van der Waals surface area contributed by atoms with E-state index in [1.807, 2.05) is 0 Å². The number of nitrogens with one attached hydrogen (secondary N) is 2. The fraction of sp³-hybridized carbons (Fsp3) is 0.188. The molecule has 1 aromatic carbocycles. The number of halogens is 2. The number of hydrogen-bond donors (Lipinski definition) is 2. The summed E-state index contributed by atoms with van der Waals surface area (Å²) in [5, 5.41) is 3.34. The molecule has 24 heavy (non-hydrogen) atoms. The van der Waals surface area contributed by atoms with Gasteiger partial charge in [0.25, 0.3) is 5.91 Å². The summed E-state index contributed by atoms with van der Waals surface area (Å²) in [5.41, 5.74) is 1.13. The van der Waals surface area contributed by atoms with Gasteiger partial charge >= 0.3 is 0 Å². The second-order valence-corrected chi connectivity index (χ2v) is 6.01. The maximum atomic E-state index is 12.2. The van der Waals surface area contributed by atoms with E-state index < -0.39 is 5.91 Å². The van der Waals surface area contributed by atoms with Gasteiger partial charge in [-0.05, 0) is 31.2 Å². The number of nitrogens with zero attached hydrogens (tertiary/aromatic N) is 1. The van der Waals surface area contributed by atoms with Crippen molar-refractivity contribution < 1.29 is 14.4 Å². The largest absolute Gasteiger partial charge is 0.356 e. The Kier molecular flexibility index (Phi) is 5.64. The topological polar surface area (TPSA) is 82.3 Å². The van der Waals surface area contributed by atoms with Crippen LogP contribution in [-0.4, -0.2) is 41.1 Å². The van der Waals surface area contributed by atoms with E-state index in [9.17, 15) is 14.4 Å². The van der Waals surface area contributed by atoms with Crippen LogP contribution >= 0.6 is 23.2 Å². The zero-order chi connectivity index (χ0) is 17.9. The number of rotatable bonds is 5. The second kappa shape index (κ2) is 7.51. The highest BCUT2D eigenvalue weighted by molar-refractivity contribution is 6.42. The molecule has 0 saturated carbocycles. The van der Waals surface area contributed by atoms with Crippen molar-refractivity contribution in [2.24, 2.45) is 0 Å². The number of amides is 2. The Bertz CT molecular complexity index is 802. The first-order valence-electron chi connectivity index (χ1n) is 6.97. The predicted octanol–water partition coefficient (Wildman–Crippen LogP) is 3.23. The molecule has 126 valence electrons. The molecule has 1 aromatic heterocycles. The van der Waals surface area contributed by atoms with Crippen molar-refractivity contribution in [2.45, 2.75) is 6.92 Å². The number of hydrogen-bond acceptors (Lipinski definition) is 3. The number of Topliss-reactive ketones (excluding diaryl/α,β-unsaturated/α-hetero) is 1. The van der Waals surface area contributed by atoms with Crippen LogP contribution in [0, 0.1) is 0 Å². The van der Waals surface area contributed by atoms with Crippen LogP contribution in [0.3, 0.4) is 0 Å². The zero-order valence-electron chi connectivity index (χ0n) is 13.0. The van der Waals surface area contributed by atoms with E-state index in [4.69, 9.17) is 23.2 Å². The minimum Gasteiger partial charge on any atom is -0.356 e. The van der Waals surface area contributed by atoms with Crippen LogP contribution in [0.1, 0.15) is 27.8 Å². The Hall–Kier alpha value is -2.31. The molecule has 8 heteroatoms. The Labute approximate surface area is 148 Å². The maximum absolute atomic E-state index is 12.2. The molecule has 6 nitrogen and oxygen atoms in total. The normalized spacial score (nSPS) is 10.3. The molecule has 0 bridgehead atoms. The third kappa shape index (κ3) is 4.37. The molecule has 2 aromatic rings. The third-order valence-electron chi connectivity index (χ3n) is 3.25. The van der Waals surface area contributed by atoms with E-state index in [2.05, 4.69) is 10.3 Å². The second-order valence-electron chi connectivity index (χ2n) is 5.20. The summed E-state index contributed by atoms with van der Waals surface area (Å²) >= 11 is 11.7. The quantitative estimate of drug-likeness (QED) is 0.795. The summed E-state index contributed by atoms with van der Waals surface area (Å²) in [6.45, 7) is 1.25. The van der Waals surface area contributed by atoms with Gasteiger partial charge in [-0.2, -0.15) is 0 Å². The van der Waals surface area contributed by atoms with E-state index in [-0.39, 0.29) is 23.9 Å². The number of anilines is 1. The van der Waals surface area contributed by atoms with Gasteiger partial charge in [0, 0.05) is 24.5 Å². The van der Waals surface area contributed by atoms with Gasteiger partial charge in [-0.25, -0.2) is 0 Å². The summed E-state index contributed by atoms with van der Waals surface area (Å²) in [7, 11) is 1.49. The lowest BCUT2D eigenvalue weighted by Crippen LogP contribution is -2.35. The smallest absolute Gasteiger partial charge is 0.270 e. The molecule has 0 aliphatic rings. The highest BCUT2D eigenvalue weighted by atomic mass is 35.5. The van der Waals surface area contributed by atoms with Gasteiger partial charge in [-0.15, -0.1) is 0 Å². The molecular weight excluding hydrogens is 353 g/mol. The van der Waals surface area contributed by atoms with Gasteiger partial charge in [0.2, 0.25) is 5.91 Å². The molecular formula is C16H15Cl2N3O3. The van der Waals surface area contributed by atoms with Crippen molar-refractivity contribution in [3.05, 3.63) is 51.8 Å². The summed E-state index contributed by atoms with van der Waals surface area (Å²) in [6.07, 6.45) is 1.46. The van der Waals surface area contributed by atoms with Gasteiger partial charge in [-0.1, -0.05) is 23.2 Å². The first-order chi connectivity index (χ1) is 11.3. The van der Waals surface area contributed by atoms with E-state index in [0.717, 1.165) is 0 Å². The number of aromatic amines is 1. The highest BCUT2D eigenvalue weighted by Crippen LogP contribution is 2.24. The van der Waals surface area contributed by atoms with Crippen LogP contribution in [0.2, 0.25) is 10.0 Å². The molecule has 0 radical (unpaired) electrons. The van der Waals surface area contributed by atoms with Crippen LogP contribution < -0.4 is 5.32 Å². The first-order valence-corrected chi connectivity index (χ1v) is 7.73. The lowest BCUT2D eigenvalue weighted by atomic mass is 10.2. The molecule has 2 rings (SSSR count). The van der Waals surface area contributed by atoms with Crippen LogP contribution in [0.5, 0.6) is 0 Å². The van der Waals surface area contributed by atoms with Gasteiger partial charge in [-0.3, -0.25) is 14.4 Å². The monoisotopic (exact) mass is 367 g/mol. The van der Waals surface area contributed by atoms with Crippen molar-refractivity contribution in [3.63, 3.8) is 0 Å². The summed E-state index contributed by atoms with van der Waals surface area (Å²) in [5.74, 6) is -0.931. The average Bonchev–Trinajstić information content (AvgIpc) is 3.00. The SMILES string of the molecule is CC(=O)c1c[nH]c(C(=O)N(C)CC(=O)Nc2ccc(Cl)c(Cl)c2)c1. The number of ketones is 1. The molecule has 0 atom stereocenters. The van der Waals surface area contributed by atoms with E-state index in [0.29, 0.717) is 21.3 Å². The summed E-state index contributed by atoms with van der Waals surface area (Å²) < 4.78 is 0. The molecule has 1 heterocycles. The minimum atomic E-state index is -0.396. The number of carbonyl (C=O) groups excluding carboxylic acids is 3. The Morgan fingerprint density at radius 1 is 1.17 bits per heavy atom. The molecule has 0 aliphatic heterocycles. The average molecular weight is 368 g/mol. The van der Waals surface area contributed by atoms with Gasteiger partial charge in [0.05, 0.1) is 16.6 Å². The van der Waals surface area contributed by atoms with Crippen LogP contribution in [0.25, 0.3) is 0 Å². The standard InChI is InChI=1S/C16H15Cl2N3O3/c1-9(22)10-5-14(19-7-10)16(24)21(2)8-15(23)20-11-3-4-12(17)13(18)6-11/h3-7,19H,8H2,1-2H3,(H,20,23). The molecule has 0 saturated heterocycles. The predicted molar refractivity (Wildman–Crippen MR) is 92.8 cm³/mol. The maximum Gasteiger partial charge on any atom is 0.270 e. The first kappa shape index (κ1) is 18.0. The molecule has 2 N–H and O–H groups in total. The van der Waals surface area contributed by atoms with Gasteiger partial charge in [0.1, 0.15) is 5.69 Å². The summed E-state index contributed by atoms with van der Waals surface area (Å²) in [4.78, 5) is 39.5. The van der Waals surface area contributed by atoms with Crippen LogP contribution in [0.15, 0.2) is 30.5 Å². The number of carbonyl (C=O) groups is 3. The van der Waals surface area contributed by atoms with Crippen LogP contribution in [-0.2, 0) is 4.79 Å². The number of H-pyrrole nitrogens is 1. The number of benzene rings is 1. The van der Waals surface area contributed by atoms with Crippen molar-refractivity contribution in [2.75, 3.05) is 18.9 Å². The highest BCUT2D eigenvalue weighted by Gasteiger charge is 2.17. The molecule has 0 spiro atoms.